The summed E-state index contributed by atoms with van der Waals surface area (Å²) in [6, 6.07) is 3.67. The van der Waals surface area contributed by atoms with Crippen molar-refractivity contribution in [2.24, 2.45) is 0 Å². The van der Waals surface area contributed by atoms with Gasteiger partial charge in [0.25, 0.3) is 0 Å². The van der Waals surface area contributed by atoms with Gasteiger partial charge < -0.3 is 15.4 Å². The number of anilines is 2. The highest BCUT2D eigenvalue weighted by atomic mass is 79.9. The smallest absolute Gasteiger partial charge is 0.0726 e. The first-order chi connectivity index (χ1) is 7.97. The molecule has 1 aromatic carbocycles. The first-order valence-electron chi connectivity index (χ1n) is 5.62. The second kappa shape index (κ2) is 5.04. The van der Waals surface area contributed by atoms with Crippen LogP contribution >= 0.6 is 27.5 Å². The summed E-state index contributed by atoms with van der Waals surface area (Å²) in [6.07, 6.45) is 0.415. The molecular weight excluding hydrogens is 304 g/mol. The molecule has 5 heteroatoms. The number of halogens is 2. The van der Waals surface area contributed by atoms with Crippen molar-refractivity contribution in [1.29, 1.82) is 0 Å². The highest BCUT2D eigenvalue weighted by molar-refractivity contribution is 9.10. The fourth-order valence-corrected chi connectivity index (χ4v) is 3.44. The number of hydrogen-bond acceptors (Lipinski definition) is 3. The molecule has 1 heterocycles. The number of nitrogens with zero attached hydrogens (tertiary/aromatic N) is 1. The molecule has 1 fully saturated rings. The molecule has 2 N–H and O–H groups in total. The van der Waals surface area contributed by atoms with Gasteiger partial charge in [0.15, 0.2) is 0 Å². The van der Waals surface area contributed by atoms with Crippen LogP contribution in [-0.4, -0.2) is 25.3 Å². The predicted octanol–water partition coefficient (Wildman–Crippen LogP) is 3.30. The number of nitrogens with two attached hydrogens (primary N) is 1. The monoisotopic (exact) mass is 318 g/mol. The van der Waals surface area contributed by atoms with Crippen molar-refractivity contribution < 1.29 is 4.74 Å². The topological polar surface area (TPSA) is 38.5 Å². The Balaban J connectivity index is 2.33. The van der Waals surface area contributed by atoms with E-state index < -0.39 is 0 Å². The largest absolute Gasteiger partial charge is 0.399 e. The Morgan fingerprint density at radius 2 is 1.94 bits per heavy atom. The molecule has 94 valence electrons. The van der Waals surface area contributed by atoms with Crippen LogP contribution in [0.3, 0.4) is 0 Å². The van der Waals surface area contributed by atoms with E-state index in [-0.39, 0.29) is 12.2 Å². The molecule has 0 unspecified atom stereocenters. The number of rotatable bonds is 1. The van der Waals surface area contributed by atoms with Gasteiger partial charge in [-0.15, -0.1) is 0 Å². The van der Waals surface area contributed by atoms with Crippen molar-refractivity contribution in [3.05, 3.63) is 21.6 Å². The van der Waals surface area contributed by atoms with Crippen LogP contribution in [0.2, 0.25) is 5.02 Å². The normalized spacial score (nSPS) is 25.1. The van der Waals surface area contributed by atoms with Gasteiger partial charge in [0.05, 0.1) is 22.9 Å². The van der Waals surface area contributed by atoms with E-state index in [9.17, 15) is 0 Å². The molecular formula is C12H16BrClN2O. The maximum Gasteiger partial charge on any atom is 0.0726 e. The summed E-state index contributed by atoms with van der Waals surface area (Å²) in [7, 11) is 0. The molecule has 2 atom stereocenters. The van der Waals surface area contributed by atoms with E-state index in [1.165, 1.54) is 0 Å². The molecule has 3 nitrogen and oxygen atoms in total. The molecule has 17 heavy (non-hydrogen) atoms. The van der Waals surface area contributed by atoms with Gasteiger partial charge >= 0.3 is 0 Å². The van der Waals surface area contributed by atoms with Gasteiger partial charge in [0.2, 0.25) is 0 Å². The number of nitrogen functional groups attached to an aromatic ring is 1. The maximum atomic E-state index is 6.27. The molecule has 1 aliphatic rings. The van der Waals surface area contributed by atoms with Gasteiger partial charge in [-0.1, -0.05) is 11.6 Å². The second-order valence-electron chi connectivity index (χ2n) is 4.50. The van der Waals surface area contributed by atoms with Gasteiger partial charge in [0, 0.05) is 23.2 Å². The zero-order chi connectivity index (χ0) is 12.6. The van der Waals surface area contributed by atoms with E-state index in [4.69, 9.17) is 22.1 Å². The summed E-state index contributed by atoms with van der Waals surface area (Å²) in [5, 5.41) is 0.679. The van der Waals surface area contributed by atoms with Crippen molar-refractivity contribution >= 4 is 38.9 Å². The van der Waals surface area contributed by atoms with E-state index in [1.54, 1.807) is 6.07 Å². The zero-order valence-electron chi connectivity index (χ0n) is 9.91. The molecule has 1 saturated heterocycles. The van der Waals surface area contributed by atoms with Crippen LogP contribution in [0.25, 0.3) is 0 Å². The Morgan fingerprint density at radius 1 is 1.35 bits per heavy atom. The lowest BCUT2D eigenvalue weighted by Crippen LogP contribution is -2.45. The van der Waals surface area contributed by atoms with Crippen LogP contribution in [-0.2, 0) is 4.74 Å². The Morgan fingerprint density at radius 3 is 2.47 bits per heavy atom. The average Bonchev–Trinajstić information content (AvgIpc) is 2.13. The lowest BCUT2D eigenvalue weighted by Gasteiger charge is -2.37. The van der Waals surface area contributed by atoms with Crippen molar-refractivity contribution in [3.63, 3.8) is 0 Å². The van der Waals surface area contributed by atoms with Crippen molar-refractivity contribution in [1.82, 2.24) is 0 Å². The van der Waals surface area contributed by atoms with Crippen LogP contribution in [0.15, 0.2) is 16.6 Å². The van der Waals surface area contributed by atoms with Crippen LogP contribution in [0.4, 0.5) is 11.4 Å². The Bertz CT molecular complexity index is 394. The quantitative estimate of drug-likeness (QED) is 0.807. The third-order valence-electron chi connectivity index (χ3n) is 2.78. The summed E-state index contributed by atoms with van der Waals surface area (Å²) >= 11 is 9.80. The third-order valence-corrected chi connectivity index (χ3v) is 3.67. The Kier molecular flexibility index (Phi) is 3.85. The predicted molar refractivity (Wildman–Crippen MR) is 75.8 cm³/mol. The standard InChI is InChI=1S/C12H16BrClN2O/c1-7-5-16(6-8(2)17-7)12-10(13)3-9(15)4-11(12)14/h3-4,7-8H,5-6,15H2,1-2H3/t7-,8-/m1/s1. The Labute approximate surface area is 115 Å². The van der Waals surface area contributed by atoms with Crippen molar-refractivity contribution in [3.8, 4) is 0 Å². The molecule has 2 rings (SSSR count). The minimum atomic E-state index is 0.208. The molecule has 0 radical (unpaired) electrons. The van der Waals surface area contributed by atoms with E-state index in [2.05, 4.69) is 34.7 Å². The van der Waals surface area contributed by atoms with E-state index in [1.807, 2.05) is 6.07 Å². The molecule has 1 aromatic rings. The maximum absolute atomic E-state index is 6.27. The fraction of sp³-hybridized carbons (Fsp3) is 0.500. The summed E-state index contributed by atoms with van der Waals surface area (Å²) in [5.74, 6) is 0. The number of hydrogen-bond donors (Lipinski definition) is 1. The van der Waals surface area contributed by atoms with Crippen molar-refractivity contribution in [2.45, 2.75) is 26.1 Å². The first kappa shape index (κ1) is 13.0. The van der Waals surface area contributed by atoms with Crippen LogP contribution < -0.4 is 10.6 Å². The van der Waals surface area contributed by atoms with Gasteiger partial charge in [-0.2, -0.15) is 0 Å². The zero-order valence-corrected chi connectivity index (χ0v) is 12.3. The highest BCUT2D eigenvalue weighted by Gasteiger charge is 2.25. The van der Waals surface area contributed by atoms with Crippen molar-refractivity contribution in [2.75, 3.05) is 23.7 Å². The first-order valence-corrected chi connectivity index (χ1v) is 6.79. The second-order valence-corrected chi connectivity index (χ2v) is 5.76. The van der Waals surface area contributed by atoms with Gasteiger partial charge in [-0.25, -0.2) is 0 Å². The summed E-state index contributed by atoms with van der Waals surface area (Å²) in [5.41, 5.74) is 7.42. The Hall–Kier alpha value is -0.450. The SMILES string of the molecule is C[C@@H]1CN(c2c(Cl)cc(N)cc2Br)C[C@@H](C)O1. The minimum absolute atomic E-state index is 0.208. The van der Waals surface area contributed by atoms with Crippen LogP contribution in [0.1, 0.15) is 13.8 Å². The average molecular weight is 320 g/mol. The van der Waals surface area contributed by atoms with E-state index in [0.717, 1.165) is 23.2 Å². The summed E-state index contributed by atoms with van der Waals surface area (Å²) in [6.45, 7) is 5.82. The van der Waals surface area contributed by atoms with E-state index in [0.29, 0.717) is 10.7 Å². The van der Waals surface area contributed by atoms with Crippen LogP contribution in [0, 0.1) is 0 Å². The van der Waals surface area contributed by atoms with Gasteiger partial charge in [0.1, 0.15) is 0 Å². The summed E-state index contributed by atoms with van der Waals surface area (Å²) in [4.78, 5) is 2.24. The molecule has 0 aromatic heterocycles. The highest BCUT2D eigenvalue weighted by Crippen LogP contribution is 2.37. The molecule has 0 bridgehead atoms. The molecule has 1 aliphatic heterocycles. The molecule has 0 aliphatic carbocycles. The lowest BCUT2D eigenvalue weighted by molar-refractivity contribution is -0.00524. The minimum Gasteiger partial charge on any atom is -0.399 e. The van der Waals surface area contributed by atoms with Gasteiger partial charge in [-0.05, 0) is 41.9 Å². The summed E-state index contributed by atoms with van der Waals surface area (Å²) < 4.78 is 6.65. The fourth-order valence-electron chi connectivity index (χ4n) is 2.25. The lowest BCUT2D eigenvalue weighted by atomic mass is 10.2. The number of benzene rings is 1. The third kappa shape index (κ3) is 2.87. The van der Waals surface area contributed by atoms with Crippen LogP contribution in [0.5, 0.6) is 0 Å². The molecule has 0 spiro atoms. The number of morpholine rings is 1. The molecule has 0 amide bonds. The number of ether oxygens (including phenoxy) is 1. The molecule has 0 saturated carbocycles. The van der Waals surface area contributed by atoms with Gasteiger partial charge in [-0.3, -0.25) is 0 Å². The van der Waals surface area contributed by atoms with E-state index >= 15 is 0 Å².